The van der Waals surface area contributed by atoms with Gasteiger partial charge in [-0.2, -0.15) is 0 Å². The molecule has 0 saturated heterocycles. The van der Waals surface area contributed by atoms with Gasteiger partial charge in [-0.15, -0.1) is 0 Å². The molecular formula is C12H14BrFO3. The Morgan fingerprint density at radius 1 is 1.59 bits per heavy atom. The third-order valence-corrected chi connectivity index (χ3v) is 3.37. The lowest BCUT2D eigenvalue weighted by Gasteiger charge is -2.16. The third-order valence-electron chi connectivity index (χ3n) is 2.57. The smallest absolute Gasteiger partial charge is 0.339 e. The number of aliphatic hydroxyl groups is 1. The average molecular weight is 305 g/mol. The monoisotopic (exact) mass is 304 g/mol. The second kappa shape index (κ2) is 5.60. The summed E-state index contributed by atoms with van der Waals surface area (Å²) in [6, 6.07) is 1.35. The highest BCUT2D eigenvalue weighted by Crippen LogP contribution is 2.32. The van der Waals surface area contributed by atoms with Gasteiger partial charge in [0, 0.05) is 5.56 Å². The van der Waals surface area contributed by atoms with E-state index >= 15 is 0 Å². The highest BCUT2D eigenvalue weighted by molar-refractivity contribution is 9.10. The molecule has 17 heavy (non-hydrogen) atoms. The van der Waals surface area contributed by atoms with Gasteiger partial charge in [-0.1, -0.05) is 0 Å². The van der Waals surface area contributed by atoms with Crippen LogP contribution in [0.25, 0.3) is 0 Å². The summed E-state index contributed by atoms with van der Waals surface area (Å²) in [5.41, 5.74) is 1.56. The van der Waals surface area contributed by atoms with Gasteiger partial charge in [-0.25, -0.2) is 9.18 Å². The zero-order valence-electron chi connectivity index (χ0n) is 9.88. The van der Waals surface area contributed by atoms with Gasteiger partial charge in [-0.3, -0.25) is 0 Å². The van der Waals surface area contributed by atoms with Gasteiger partial charge >= 0.3 is 5.97 Å². The van der Waals surface area contributed by atoms with Crippen LogP contribution in [-0.4, -0.2) is 17.7 Å². The largest absolute Gasteiger partial charge is 0.464 e. The van der Waals surface area contributed by atoms with Crippen LogP contribution in [-0.2, 0) is 9.53 Å². The van der Waals surface area contributed by atoms with Gasteiger partial charge in [0.25, 0.3) is 0 Å². The molecule has 0 bridgehead atoms. The lowest BCUT2D eigenvalue weighted by Crippen LogP contribution is -2.17. The molecule has 0 amide bonds. The van der Waals surface area contributed by atoms with E-state index in [9.17, 15) is 14.3 Å². The van der Waals surface area contributed by atoms with Crippen molar-refractivity contribution in [2.24, 2.45) is 0 Å². The first kappa shape index (κ1) is 14.1. The van der Waals surface area contributed by atoms with E-state index in [-0.39, 0.29) is 16.6 Å². The fraction of sp³-hybridized carbons (Fsp3) is 0.417. The van der Waals surface area contributed by atoms with E-state index in [0.717, 1.165) is 0 Å². The number of ether oxygens (including phenoxy) is 1. The number of esters is 1. The van der Waals surface area contributed by atoms with Crippen LogP contribution in [0.1, 0.15) is 29.7 Å². The molecule has 0 aliphatic rings. The maximum absolute atomic E-state index is 13.5. The minimum atomic E-state index is -1.47. The van der Waals surface area contributed by atoms with E-state index in [1.807, 2.05) is 0 Å². The van der Waals surface area contributed by atoms with Crippen molar-refractivity contribution in [1.82, 2.24) is 0 Å². The molecule has 1 rings (SSSR count). The summed E-state index contributed by atoms with van der Waals surface area (Å²) in [5.74, 6) is -1.28. The van der Waals surface area contributed by atoms with Crippen LogP contribution in [0.3, 0.4) is 0 Å². The van der Waals surface area contributed by atoms with E-state index in [4.69, 9.17) is 4.74 Å². The first-order valence-electron chi connectivity index (χ1n) is 5.19. The molecule has 0 aliphatic heterocycles. The minimum Gasteiger partial charge on any atom is -0.464 e. The number of aryl methyl sites for hydroxylation is 1. The topological polar surface area (TPSA) is 46.5 Å². The summed E-state index contributed by atoms with van der Waals surface area (Å²) >= 11 is 3.04. The van der Waals surface area contributed by atoms with Crippen molar-refractivity contribution in [2.45, 2.75) is 26.9 Å². The average Bonchev–Trinajstić information content (AvgIpc) is 2.27. The number of carbonyl (C=O) groups is 1. The van der Waals surface area contributed by atoms with Crippen LogP contribution < -0.4 is 0 Å². The van der Waals surface area contributed by atoms with E-state index < -0.39 is 17.9 Å². The lowest BCUT2D eigenvalue weighted by molar-refractivity contribution is -0.153. The summed E-state index contributed by atoms with van der Waals surface area (Å²) in [6.07, 6.45) is -1.47. The van der Waals surface area contributed by atoms with Crippen LogP contribution in [0.2, 0.25) is 0 Å². The predicted octanol–water partition coefficient (Wildman–Crippen LogP) is 2.80. The molecular weight excluding hydrogens is 291 g/mol. The second-order valence-electron chi connectivity index (χ2n) is 3.68. The Bertz CT molecular complexity index is 420. The van der Waals surface area contributed by atoms with Gasteiger partial charge < -0.3 is 9.84 Å². The number of halogens is 2. The number of rotatable bonds is 3. The molecule has 0 heterocycles. The molecule has 0 saturated carbocycles. The molecule has 1 unspecified atom stereocenters. The highest BCUT2D eigenvalue weighted by atomic mass is 79.9. The Hall–Kier alpha value is -0.940. The van der Waals surface area contributed by atoms with E-state index in [1.54, 1.807) is 20.8 Å². The quantitative estimate of drug-likeness (QED) is 0.874. The van der Waals surface area contributed by atoms with E-state index in [0.29, 0.717) is 11.1 Å². The molecule has 0 spiro atoms. The Labute approximate surface area is 108 Å². The normalized spacial score (nSPS) is 12.4. The number of aliphatic hydroxyl groups excluding tert-OH is 1. The molecule has 1 aromatic rings. The third kappa shape index (κ3) is 2.84. The fourth-order valence-corrected chi connectivity index (χ4v) is 2.16. The van der Waals surface area contributed by atoms with Crippen molar-refractivity contribution in [3.8, 4) is 0 Å². The highest BCUT2D eigenvalue weighted by Gasteiger charge is 2.25. The van der Waals surface area contributed by atoms with Crippen molar-refractivity contribution in [3.05, 3.63) is 33.0 Å². The van der Waals surface area contributed by atoms with Gasteiger partial charge in [0.15, 0.2) is 6.10 Å². The standard InChI is InChI=1S/C12H14BrFO3/c1-4-17-12(16)11(15)9-7(3)6(2)5-8(14)10(9)13/h5,11,15H,4H2,1-3H3. The van der Waals surface area contributed by atoms with E-state index in [1.165, 1.54) is 6.07 Å². The molecule has 3 nitrogen and oxygen atoms in total. The van der Waals surface area contributed by atoms with Crippen molar-refractivity contribution in [3.63, 3.8) is 0 Å². The minimum absolute atomic E-state index is 0.0983. The molecule has 5 heteroatoms. The first-order chi connectivity index (χ1) is 7.90. The zero-order valence-corrected chi connectivity index (χ0v) is 11.5. The van der Waals surface area contributed by atoms with Crippen LogP contribution >= 0.6 is 15.9 Å². The molecule has 0 fully saturated rings. The van der Waals surface area contributed by atoms with Gasteiger partial charge in [-0.05, 0) is 53.9 Å². The second-order valence-corrected chi connectivity index (χ2v) is 4.48. The number of benzene rings is 1. The maximum Gasteiger partial charge on any atom is 0.339 e. The lowest BCUT2D eigenvalue weighted by atomic mass is 9.99. The van der Waals surface area contributed by atoms with Crippen LogP contribution in [0.4, 0.5) is 4.39 Å². The van der Waals surface area contributed by atoms with Crippen LogP contribution in [0.15, 0.2) is 10.5 Å². The van der Waals surface area contributed by atoms with Gasteiger partial charge in [0.05, 0.1) is 11.1 Å². The van der Waals surface area contributed by atoms with Crippen molar-refractivity contribution in [2.75, 3.05) is 6.61 Å². The Balaban J connectivity index is 3.25. The molecule has 1 aromatic carbocycles. The first-order valence-corrected chi connectivity index (χ1v) is 5.99. The Morgan fingerprint density at radius 3 is 2.71 bits per heavy atom. The van der Waals surface area contributed by atoms with Crippen molar-refractivity contribution in [1.29, 1.82) is 0 Å². The molecule has 94 valence electrons. The molecule has 1 atom stereocenters. The number of carbonyl (C=O) groups excluding carboxylic acids is 1. The van der Waals surface area contributed by atoms with E-state index in [2.05, 4.69) is 15.9 Å². The van der Waals surface area contributed by atoms with Crippen molar-refractivity contribution >= 4 is 21.9 Å². The summed E-state index contributed by atoms with van der Waals surface area (Å²) in [6.45, 7) is 5.24. The SMILES string of the molecule is CCOC(=O)C(O)c1c(C)c(C)cc(F)c1Br. The van der Waals surface area contributed by atoms with Crippen LogP contribution in [0, 0.1) is 19.7 Å². The Morgan fingerprint density at radius 2 is 2.18 bits per heavy atom. The Kier molecular flexibility index (Phi) is 4.65. The summed E-state index contributed by atoms with van der Waals surface area (Å²) in [7, 11) is 0. The summed E-state index contributed by atoms with van der Waals surface area (Å²) in [4.78, 5) is 11.5. The predicted molar refractivity (Wildman–Crippen MR) is 65.2 cm³/mol. The zero-order chi connectivity index (χ0) is 13.2. The van der Waals surface area contributed by atoms with Crippen molar-refractivity contribution < 1.29 is 19.0 Å². The number of hydrogen-bond donors (Lipinski definition) is 1. The molecule has 0 aromatic heterocycles. The maximum atomic E-state index is 13.5. The van der Waals surface area contributed by atoms with Gasteiger partial charge in [0.1, 0.15) is 5.82 Å². The molecule has 1 N–H and O–H groups in total. The van der Waals surface area contributed by atoms with Gasteiger partial charge in [0.2, 0.25) is 0 Å². The molecule has 0 aliphatic carbocycles. The molecule has 0 radical (unpaired) electrons. The summed E-state index contributed by atoms with van der Waals surface area (Å²) in [5, 5.41) is 9.86. The number of hydrogen-bond acceptors (Lipinski definition) is 3. The summed E-state index contributed by atoms with van der Waals surface area (Å²) < 4.78 is 18.3. The van der Waals surface area contributed by atoms with Crippen LogP contribution in [0.5, 0.6) is 0 Å². The fourth-order valence-electron chi connectivity index (χ4n) is 1.53.